The van der Waals surface area contributed by atoms with Gasteiger partial charge in [0.1, 0.15) is 5.65 Å². The van der Waals surface area contributed by atoms with E-state index in [1.165, 1.54) is 5.69 Å². The van der Waals surface area contributed by atoms with Gasteiger partial charge in [0.15, 0.2) is 0 Å². The lowest BCUT2D eigenvalue weighted by Gasteiger charge is -2.34. The van der Waals surface area contributed by atoms with Crippen LogP contribution >= 0.6 is 0 Å². The summed E-state index contributed by atoms with van der Waals surface area (Å²) in [6, 6.07) is 20.1. The van der Waals surface area contributed by atoms with Crippen LogP contribution in [0.25, 0.3) is 33.3 Å². The summed E-state index contributed by atoms with van der Waals surface area (Å²) in [5.41, 5.74) is 6.18. The third kappa shape index (κ3) is 4.66. The minimum Gasteiger partial charge on any atom is -0.472 e. The summed E-state index contributed by atoms with van der Waals surface area (Å²) in [4.78, 5) is 27.5. The molecule has 1 fully saturated rings. The minimum absolute atomic E-state index is 0.0720. The van der Waals surface area contributed by atoms with Crippen molar-refractivity contribution in [2.45, 2.75) is 13.5 Å². The molecule has 192 valence electrons. The van der Waals surface area contributed by atoms with Crippen LogP contribution in [0, 0.1) is 0 Å². The van der Waals surface area contributed by atoms with Crippen molar-refractivity contribution < 1.29 is 4.42 Å². The Balaban J connectivity index is 1.26. The molecule has 0 saturated carbocycles. The fourth-order valence-corrected chi connectivity index (χ4v) is 4.94. The smallest absolute Gasteiger partial charge is 0.260 e. The number of aromatic nitrogens is 3. The number of nitrogens with one attached hydrogen (secondary N) is 1. The van der Waals surface area contributed by atoms with Gasteiger partial charge in [-0.15, -0.1) is 0 Å². The van der Waals surface area contributed by atoms with Crippen LogP contribution in [0.2, 0.25) is 0 Å². The standard InChI is InChI=1S/C30H30N6O2/c1-3-36-28-24(18-27(29(36)37)22-6-4-21(5-7-22)23-12-17-38-20-23)19-31-30(33-28)32-25-8-10-26(11-9-25)35-15-13-34(2)14-16-35/h4-12,17-20H,3,13-16H2,1-2H3,(H,31,32,33). The number of nitrogens with zero attached hydrogens (tertiary/aromatic N) is 5. The molecule has 2 aromatic carbocycles. The molecule has 5 aromatic rings. The van der Waals surface area contributed by atoms with Crippen LogP contribution in [-0.4, -0.2) is 52.7 Å². The topological polar surface area (TPSA) is 79.4 Å². The zero-order valence-corrected chi connectivity index (χ0v) is 21.6. The third-order valence-corrected chi connectivity index (χ3v) is 7.19. The van der Waals surface area contributed by atoms with Crippen LogP contribution in [0.3, 0.4) is 0 Å². The Morgan fingerprint density at radius 2 is 1.66 bits per heavy atom. The number of hydrogen-bond donors (Lipinski definition) is 1. The predicted molar refractivity (Wildman–Crippen MR) is 152 cm³/mol. The van der Waals surface area contributed by atoms with Crippen molar-refractivity contribution in [2.75, 3.05) is 43.4 Å². The number of rotatable bonds is 6. The van der Waals surface area contributed by atoms with E-state index in [1.807, 2.05) is 55.5 Å². The number of anilines is 3. The van der Waals surface area contributed by atoms with E-state index in [0.29, 0.717) is 23.7 Å². The van der Waals surface area contributed by atoms with Gasteiger partial charge in [0.2, 0.25) is 5.95 Å². The third-order valence-electron chi connectivity index (χ3n) is 7.19. The second kappa shape index (κ2) is 10.1. The van der Waals surface area contributed by atoms with E-state index in [2.05, 4.69) is 39.3 Å². The number of aryl methyl sites for hydroxylation is 1. The molecule has 1 saturated heterocycles. The highest BCUT2D eigenvalue weighted by molar-refractivity contribution is 5.82. The van der Waals surface area contributed by atoms with Crippen molar-refractivity contribution in [2.24, 2.45) is 0 Å². The van der Waals surface area contributed by atoms with Gasteiger partial charge in [-0.2, -0.15) is 4.98 Å². The molecule has 1 aliphatic heterocycles. The molecule has 0 radical (unpaired) electrons. The van der Waals surface area contributed by atoms with Crippen LogP contribution < -0.4 is 15.8 Å². The summed E-state index contributed by atoms with van der Waals surface area (Å²) in [5, 5.41) is 4.11. The lowest BCUT2D eigenvalue weighted by molar-refractivity contribution is 0.313. The molecule has 3 aromatic heterocycles. The van der Waals surface area contributed by atoms with Gasteiger partial charge < -0.3 is 19.5 Å². The number of likely N-dealkylation sites (N-methyl/N-ethyl adjacent to an activating group) is 1. The van der Waals surface area contributed by atoms with Gasteiger partial charge in [0, 0.05) is 66.8 Å². The van der Waals surface area contributed by atoms with Gasteiger partial charge in [-0.05, 0) is 61.5 Å². The van der Waals surface area contributed by atoms with Crippen LogP contribution in [0.5, 0.6) is 0 Å². The summed E-state index contributed by atoms with van der Waals surface area (Å²) in [6.07, 6.45) is 5.14. The van der Waals surface area contributed by atoms with Gasteiger partial charge in [0.05, 0.1) is 12.5 Å². The van der Waals surface area contributed by atoms with Crippen LogP contribution in [0.15, 0.2) is 88.6 Å². The fourth-order valence-electron chi connectivity index (χ4n) is 4.94. The molecular formula is C30H30N6O2. The van der Waals surface area contributed by atoms with E-state index in [-0.39, 0.29) is 5.56 Å². The Morgan fingerprint density at radius 1 is 0.921 bits per heavy atom. The first kappa shape index (κ1) is 23.9. The van der Waals surface area contributed by atoms with Crippen molar-refractivity contribution in [1.82, 2.24) is 19.4 Å². The van der Waals surface area contributed by atoms with E-state index in [0.717, 1.165) is 53.9 Å². The average Bonchev–Trinajstić information content (AvgIpc) is 3.49. The maximum Gasteiger partial charge on any atom is 0.260 e. The lowest BCUT2D eigenvalue weighted by Crippen LogP contribution is -2.44. The number of pyridine rings is 1. The fraction of sp³-hybridized carbons (Fsp3) is 0.233. The molecule has 38 heavy (non-hydrogen) atoms. The highest BCUT2D eigenvalue weighted by atomic mass is 16.3. The molecule has 0 bridgehead atoms. The summed E-state index contributed by atoms with van der Waals surface area (Å²) in [7, 11) is 2.16. The first-order valence-corrected chi connectivity index (χ1v) is 12.9. The van der Waals surface area contributed by atoms with E-state index in [1.54, 1.807) is 23.3 Å². The quantitative estimate of drug-likeness (QED) is 0.338. The normalized spacial score (nSPS) is 14.2. The Kier molecular flexibility index (Phi) is 6.39. The van der Waals surface area contributed by atoms with Crippen LogP contribution in [0.4, 0.5) is 17.3 Å². The maximum absolute atomic E-state index is 13.5. The van der Waals surface area contributed by atoms with Gasteiger partial charge in [0.25, 0.3) is 5.56 Å². The number of piperazine rings is 1. The van der Waals surface area contributed by atoms with Crippen molar-refractivity contribution in [1.29, 1.82) is 0 Å². The number of benzene rings is 2. The Morgan fingerprint density at radius 3 is 2.34 bits per heavy atom. The second-order valence-corrected chi connectivity index (χ2v) is 9.63. The van der Waals surface area contributed by atoms with Gasteiger partial charge >= 0.3 is 0 Å². The lowest BCUT2D eigenvalue weighted by atomic mass is 10.0. The molecule has 1 N–H and O–H groups in total. The van der Waals surface area contributed by atoms with Gasteiger partial charge in [-0.1, -0.05) is 24.3 Å². The molecule has 0 unspecified atom stereocenters. The van der Waals surface area contributed by atoms with Crippen LogP contribution in [0.1, 0.15) is 6.92 Å². The first-order valence-electron chi connectivity index (χ1n) is 12.9. The molecule has 0 atom stereocenters. The minimum atomic E-state index is -0.0720. The molecule has 8 nitrogen and oxygen atoms in total. The monoisotopic (exact) mass is 506 g/mol. The summed E-state index contributed by atoms with van der Waals surface area (Å²) >= 11 is 0. The molecule has 8 heteroatoms. The molecule has 6 rings (SSSR count). The largest absolute Gasteiger partial charge is 0.472 e. The summed E-state index contributed by atoms with van der Waals surface area (Å²) < 4.78 is 6.89. The molecule has 4 heterocycles. The molecule has 0 amide bonds. The Hall–Kier alpha value is -4.43. The van der Waals surface area contributed by atoms with E-state index in [4.69, 9.17) is 9.40 Å². The molecular weight excluding hydrogens is 476 g/mol. The molecule has 0 aliphatic carbocycles. The van der Waals surface area contributed by atoms with Gasteiger partial charge in [-0.3, -0.25) is 9.36 Å². The van der Waals surface area contributed by atoms with E-state index < -0.39 is 0 Å². The van der Waals surface area contributed by atoms with E-state index >= 15 is 0 Å². The molecule has 0 spiro atoms. The van der Waals surface area contributed by atoms with Crippen molar-refractivity contribution >= 4 is 28.4 Å². The predicted octanol–water partition coefficient (Wildman–Crippen LogP) is 5.23. The van der Waals surface area contributed by atoms with Crippen molar-refractivity contribution in [3.05, 3.63) is 89.7 Å². The Labute approximate surface area is 221 Å². The maximum atomic E-state index is 13.5. The average molecular weight is 507 g/mol. The van der Waals surface area contributed by atoms with Crippen molar-refractivity contribution in [3.63, 3.8) is 0 Å². The molecule has 1 aliphatic rings. The highest BCUT2D eigenvalue weighted by Gasteiger charge is 2.15. The highest BCUT2D eigenvalue weighted by Crippen LogP contribution is 2.26. The number of fused-ring (bicyclic) bond motifs is 1. The zero-order valence-electron chi connectivity index (χ0n) is 21.6. The van der Waals surface area contributed by atoms with Crippen LogP contribution in [-0.2, 0) is 6.54 Å². The number of furan rings is 1. The van der Waals surface area contributed by atoms with E-state index in [9.17, 15) is 4.79 Å². The summed E-state index contributed by atoms with van der Waals surface area (Å²) in [5.74, 6) is 0.462. The number of hydrogen-bond acceptors (Lipinski definition) is 7. The van der Waals surface area contributed by atoms with Gasteiger partial charge in [-0.25, -0.2) is 4.98 Å². The zero-order chi connectivity index (χ0) is 26.1. The second-order valence-electron chi connectivity index (χ2n) is 9.63. The first-order chi connectivity index (χ1) is 18.6. The van der Waals surface area contributed by atoms with Crippen molar-refractivity contribution in [3.8, 4) is 22.3 Å². The SMILES string of the molecule is CCn1c(=O)c(-c2ccc(-c3ccoc3)cc2)cc2cnc(Nc3ccc(N4CCN(C)CC4)cc3)nc21. The summed E-state index contributed by atoms with van der Waals surface area (Å²) in [6.45, 7) is 6.67. The Bertz CT molecular complexity index is 1600.